The van der Waals surface area contributed by atoms with Crippen molar-refractivity contribution in [1.29, 1.82) is 0 Å². The van der Waals surface area contributed by atoms with Crippen molar-refractivity contribution >= 4 is 5.71 Å². The molecule has 0 unspecified atom stereocenters. The molecule has 0 saturated carbocycles. The average Bonchev–Trinajstić information content (AvgIpc) is 2.78. The maximum Gasteiger partial charge on any atom is 0.0884 e. The Bertz CT molecular complexity index is 367. The van der Waals surface area contributed by atoms with Gasteiger partial charge in [-0.1, -0.05) is 10.4 Å². The molecule has 16 heavy (non-hydrogen) atoms. The van der Waals surface area contributed by atoms with E-state index in [0.29, 0.717) is 18.2 Å². The van der Waals surface area contributed by atoms with Crippen LogP contribution >= 0.6 is 0 Å². The second-order valence-electron chi connectivity index (χ2n) is 4.18. The SMILES string of the molecule is C/C(Cc1cn(C2CCNCC2)nn1)=N/O. The quantitative estimate of drug-likeness (QED) is 0.447. The number of nitrogens with one attached hydrogen (secondary N) is 1. The van der Waals surface area contributed by atoms with E-state index in [2.05, 4.69) is 20.8 Å². The molecule has 0 aromatic carbocycles. The van der Waals surface area contributed by atoms with E-state index in [1.54, 1.807) is 6.92 Å². The van der Waals surface area contributed by atoms with Gasteiger partial charge in [-0.3, -0.25) is 0 Å². The molecule has 0 bridgehead atoms. The Morgan fingerprint density at radius 2 is 2.38 bits per heavy atom. The smallest absolute Gasteiger partial charge is 0.0884 e. The maximum absolute atomic E-state index is 8.58. The molecule has 0 aliphatic carbocycles. The topological polar surface area (TPSA) is 75.3 Å². The molecule has 1 aromatic rings. The molecule has 0 radical (unpaired) electrons. The minimum atomic E-state index is 0.453. The van der Waals surface area contributed by atoms with E-state index in [1.165, 1.54) is 0 Å². The van der Waals surface area contributed by atoms with Gasteiger partial charge in [-0.15, -0.1) is 5.10 Å². The zero-order chi connectivity index (χ0) is 11.4. The molecule has 6 heteroatoms. The third-order valence-electron chi connectivity index (χ3n) is 2.85. The standard InChI is InChI=1S/C10H17N5O/c1-8(13-16)6-9-7-15(14-12-9)10-2-4-11-5-3-10/h7,10-11,16H,2-6H2,1H3/b13-8-. The summed E-state index contributed by atoms with van der Waals surface area (Å²) in [6.07, 6.45) is 4.69. The molecule has 0 spiro atoms. The zero-order valence-corrected chi connectivity index (χ0v) is 9.43. The number of hydrogen-bond acceptors (Lipinski definition) is 5. The lowest BCUT2D eigenvalue weighted by Crippen LogP contribution is -2.29. The normalized spacial score (nSPS) is 18.9. The van der Waals surface area contributed by atoms with Gasteiger partial charge in [0.1, 0.15) is 0 Å². The van der Waals surface area contributed by atoms with Gasteiger partial charge in [-0.2, -0.15) is 0 Å². The molecule has 2 rings (SSSR count). The molecule has 1 fully saturated rings. The number of aromatic nitrogens is 3. The van der Waals surface area contributed by atoms with Crippen molar-refractivity contribution in [3.63, 3.8) is 0 Å². The highest BCUT2D eigenvalue weighted by atomic mass is 16.4. The first-order chi connectivity index (χ1) is 7.79. The van der Waals surface area contributed by atoms with Crippen LogP contribution in [0.3, 0.4) is 0 Å². The van der Waals surface area contributed by atoms with E-state index in [4.69, 9.17) is 5.21 Å². The van der Waals surface area contributed by atoms with E-state index in [0.717, 1.165) is 31.6 Å². The molecule has 6 nitrogen and oxygen atoms in total. The predicted molar refractivity (Wildman–Crippen MR) is 59.8 cm³/mol. The maximum atomic E-state index is 8.58. The van der Waals surface area contributed by atoms with Gasteiger partial charge in [0, 0.05) is 12.6 Å². The number of hydrogen-bond donors (Lipinski definition) is 2. The summed E-state index contributed by atoms with van der Waals surface area (Å²) in [5.74, 6) is 0. The monoisotopic (exact) mass is 223 g/mol. The van der Waals surface area contributed by atoms with Crippen molar-refractivity contribution in [2.75, 3.05) is 13.1 Å². The lowest BCUT2D eigenvalue weighted by molar-refractivity contribution is 0.317. The highest BCUT2D eigenvalue weighted by molar-refractivity contribution is 5.83. The van der Waals surface area contributed by atoms with Crippen molar-refractivity contribution < 1.29 is 5.21 Å². The summed E-state index contributed by atoms with van der Waals surface area (Å²) in [4.78, 5) is 0. The average molecular weight is 223 g/mol. The summed E-state index contributed by atoms with van der Waals surface area (Å²) >= 11 is 0. The summed E-state index contributed by atoms with van der Waals surface area (Å²) in [7, 11) is 0. The van der Waals surface area contributed by atoms with Gasteiger partial charge in [0.05, 0.1) is 17.4 Å². The molecule has 0 amide bonds. The Balaban J connectivity index is 2.01. The van der Waals surface area contributed by atoms with Crippen LogP contribution in [0.25, 0.3) is 0 Å². The van der Waals surface area contributed by atoms with Crippen LogP contribution in [0, 0.1) is 0 Å². The molecule has 2 heterocycles. The molecule has 1 aliphatic heterocycles. The summed E-state index contributed by atoms with van der Waals surface area (Å²) in [5.41, 5.74) is 1.51. The Kier molecular flexibility index (Phi) is 3.51. The first-order valence-corrected chi connectivity index (χ1v) is 5.58. The zero-order valence-electron chi connectivity index (χ0n) is 9.43. The number of nitrogens with zero attached hydrogens (tertiary/aromatic N) is 4. The fraction of sp³-hybridized carbons (Fsp3) is 0.700. The number of oxime groups is 1. The summed E-state index contributed by atoms with van der Waals surface area (Å²) < 4.78 is 1.93. The highest BCUT2D eigenvalue weighted by Gasteiger charge is 2.16. The summed E-state index contributed by atoms with van der Waals surface area (Å²) in [5, 5.41) is 23.2. The second kappa shape index (κ2) is 5.07. The molecule has 0 atom stereocenters. The van der Waals surface area contributed by atoms with Crippen LogP contribution in [0.1, 0.15) is 31.5 Å². The van der Waals surface area contributed by atoms with Crippen LogP contribution < -0.4 is 5.32 Å². The third kappa shape index (κ3) is 2.57. The van der Waals surface area contributed by atoms with Crippen LogP contribution in [0.2, 0.25) is 0 Å². The van der Waals surface area contributed by atoms with Crippen LogP contribution in [-0.2, 0) is 6.42 Å². The molecule has 2 N–H and O–H groups in total. The van der Waals surface area contributed by atoms with Crippen LogP contribution in [0.5, 0.6) is 0 Å². The second-order valence-corrected chi connectivity index (χ2v) is 4.18. The molecule has 1 aliphatic rings. The lowest BCUT2D eigenvalue weighted by Gasteiger charge is -2.22. The van der Waals surface area contributed by atoms with Crippen molar-refractivity contribution in [3.05, 3.63) is 11.9 Å². The van der Waals surface area contributed by atoms with E-state index in [1.807, 2.05) is 10.9 Å². The largest absolute Gasteiger partial charge is 0.411 e. The van der Waals surface area contributed by atoms with E-state index >= 15 is 0 Å². The van der Waals surface area contributed by atoms with Crippen LogP contribution in [-0.4, -0.2) is 39.0 Å². The van der Waals surface area contributed by atoms with Crippen LogP contribution in [0.4, 0.5) is 0 Å². The molecule has 1 saturated heterocycles. The first-order valence-electron chi connectivity index (χ1n) is 5.58. The van der Waals surface area contributed by atoms with Crippen LogP contribution in [0.15, 0.2) is 11.4 Å². The lowest BCUT2D eigenvalue weighted by atomic mass is 10.1. The fourth-order valence-corrected chi connectivity index (χ4v) is 1.94. The van der Waals surface area contributed by atoms with Gasteiger partial charge in [0.2, 0.25) is 0 Å². The Morgan fingerprint density at radius 1 is 1.62 bits per heavy atom. The van der Waals surface area contributed by atoms with Crippen molar-refractivity contribution in [1.82, 2.24) is 20.3 Å². The van der Waals surface area contributed by atoms with Gasteiger partial charge in [-0.05, 0) is 32.9 Å². The molecular formula is C10H17N5O. The predicted octanol–water partition coefficient (Wildman–Crippen LogP) is 0.595. The van der Waals surface area contributed by atoms with E-state index < -0.39 is 0 Å². The fourth-order valence-electron chi connectivity index (χ4n) is 1.94. The summed E-state index contributed by atoms with van der Waals surface area (Å²) in [6.45, 7) is 3.84. The molecule has 1 aromatic heterocycles. The van der Waals surface area contributed by atoms with Gasteiger partial charge in [-0.25, -0.2) is 4.68 Å². The minimum absolute atomic E-state index is 0.453. The van der Waals surface area contributed by atoms with Crippen molar-refractivity contribution in [2.45, 2.75) is 32.2 Å². The third-order valence-corrected chi connectivity index (χ3v) is 2.85. The van der Waals surface area contributed by atoms with Gasteiger partial charge in [0.15, 0.2) is 0 Å². The van der Waals surface area contributed by atoms with Gasteiger partial charge < -0.3 is 10.5 Å². The number of rotatable bonds is 3. The molecule has 88 valence electrons. The van der Waals surface area contributed by atoms with Crippen molar-refractivity contribution in [3.8, 4) is 0 Å². The number of piperidine rings is 1. The Labute approximate surface area is 94.3 Å². The first kappa shape index (κ1) is 11.1. The van der Waals surface area contributed by atoms with E-state index in [-0.39, 0.29) is 0 Å². The molecular weight excluding hydrogens is 206 g/mol. The van der Waals surface area contributed by atoms with E-state index in [9.17, 15) is 0 Å². The highest BCUT2D eigenvalue weighted by Crippen LogP contribution is 2.17. The Hall–Kier alpha value is -1.43. The minimum Gasteiger partial charge on any atom is -0.411 e. The van der Waals surface area contributed by atoms with Crippen molar-refractivity contribution in [2.24, 2.45) is 5.16 Å². The summed E-state index contributed by atoms with van der Waals surface area (Å²) in [6, 6.07) is 0.453. The van der Waals surface area contributed by atoms with Gasteiger partial charge in [0.25, 0.3) is 0 Å². The Morgan fingerprint density at radius 3 is 3.06 bits per heavy atom. The van der Waals surface area contributed by atoms with Gasteiger partial charge >= 0.3 is 0 Å².